The first-order valence-corrected chi connectivity index (χ1v) is 9.29. The fraction of sp³-hybridized carbons (Fsp3) is 0.182. The summed E-state index contributed by atoms with van der Waals surface area (Å²) >= 11 is 1.37. The molecule has 0 N–H and O–H groups in total. The molecule has 1 amide bonds. The molecule has 4 nitrogen and oxygen atoms in total. The quantitative estimate of drug-likeness (QED) is 0.581. The Bertz CT molecular complexity index is 969. The van der Waals surface area contributed by atoms with Gasteiger partial charge < -0.3 is 4.74 Å². The van der Waals surface area contributed by atoms with Gasteiger partial charge in [-0.15, -0.1) is 6.42 Å². The van der Waals surface area contributed by atoms with Crippen molar-refractivity contribution in [2.75, 3.05) is 13.7 Å². The number of rotatable bonds is 4. The van der Waals surface area contributed by atoms with Crippen molar-refractivity contribution in [2.45, 2.75) is 13.8 Å². The summed E-state index contributed by atoms with van der Waals surface area (Å²) in [6.45, 7) is 4.35. The third-order valence-corrected chi connectivity index (χ3v) is 5.28. The van der Waals surface area contributed by atoms with E-state index in [0.29, 0.717) is 15.8 Å². The predicted octanol–water partition coefficient (Wildman–Crippen LogP) is 4.55. The highest BCUT2D eigenvalue weighted by atomic mass is 32.2. The number of hydrogen-bond acceptors (Lipinski definition) is 4. The molecule has 27 heavy (non-hydrogen) atoms. The number of aryl methyl sites for hydroxylation is 2. The van der Waals surface area contributed by atoms with E-state index >= 15 is 0 Å². The van der Waals surface area contributed by atoms with Crippen molar-refractivity contribution in [1.29, 1.82) is 0 Å². The first-order chi connectivity index (χ1) is 13.0. The van der Waals surface area contributed by atoms with Gasteiger partial charge in [0, 0.05) is 7.05 Å². The second-order valence-electron chi connectivity index (χ2n) is 6.20. The van der Waals surface area contributed by atoms with Crippen LogP contribution >= 0.6 is 11.8 Å². The number of amides is 1. The van der Waals surface area contributed by atoms with Gasteiger partial charge in [0.15, 0.2) is 5.17 Å². The molecule has 2 aromatic rings. The molecule has 1 saturated heterocycles. The molecule has 2 aromatic carbocycles. The fourth-order valence-electron chi connectivity index (χ4n) is 2.49. The average Bonchev–Trinajstić information content (AvgIpc) is 2.92. The second kappa shape index (κ2) is 8.15. The van der Waals surface area contributed by atoms with Crippen molar-refractivity contribution in [2.24, 2.45) is 4.99 Å². The van der Waals surface area contributed by atoms with Crippen molar-refractivity contribution in [1.82, 2.24) is 4.90 Å². The maximum Gasteiger partial charge on any atom is 0.266 e. The number of carbonyl (C=O) groups excluding carboxylic acids is 1. The number of amidine groups is 1. The topological polar surface area (TPSA) is 41.9 Å². The number of likely N-dealkylation sites (N-methyl/N-ethyl adjacent to an activating group) is 1. The molecule has 0 aliphatic carbocycles. The molecule has 3 rings (SSSR count). The van der Waals surface area contributed by atoms with Gasteiger partial charge in [-0.2, -0.15) is 0 Å². The molecule has 5 heteroatoms. The molecule has 0 unspecified atom stereocenters. The zero-order valence-electron chi connectivity index (χ0n) is 15.5. The highest BCUT2D eigenvalue weighted by Crippen LogP contribution is 2.33. The summed E-state index contributed by atoms with van der Waals surface area (Å²) in [6.07, 6.45) is 7.05. The summed E-state index contributed by atoms with van der Waals surface area (Å²) in [6, 6.07) is 13.5. The Balaban J connectivity index is 1.80. The number of carbonyl (C=O) groups is 1. The van der Waals surface area contributed by atoms with Crippen LogP contribution < -0.4 is 4.74 Å². The highest BCUT2D eigenvalue weighted by molar-refractivity contribution is 8.18. The smallest absolute Gasteiger partial charge is 0.266 e. The summed E-state index contributed by atoms with van der Waals surface area (Å²) in [7, 11) is 1.74. The zero-order chi connectivity index (χ0) is 19.4. The van der Waals surface area contributed by atoms with Crippen molar-refractivity contribution < 1.29 is 9.53 Å². The molecule has 0 aromatic heterocycles. The molecule has 0 bridgehead atoms. The molecule has 1 heterocycles. The van der Waals surface area contributed by atoms with E-state index in [1.165, 1.54) is 22.9 Å². The Labute approximate surface area is 163 Å². The van der Waals surface area contributed by atoms with E-state index in [1.807, 2.05) is 48.5 Å². The van der Waals surface area contributed by atoms with Gasteiger partial charge in [0.2, 0.25) is 0 Å². The van der Waals surface area contributed by atoms with Gasteiger partial charge in [0.25, 0.3) is 5.91 Å². The zero-order valence-corrected chi connectivity index (χ0v) is 16.3. The van der Waals surface area contributed by atoms with Crippen LogP contribution in [0.25, 0.3) is 6.08 Å². The fourth-order valence-corrected chi connectivity index (χ4v) is 3.48. The van der Waals surface area contributed by atoms with Gasteiger partial charge in [-0.3, -0.25) is 9.69 Å². The Kier molecular flexibility index (Phi) is 5.68. The maximum absolute atomic E-state index is 12.5. The third-order valence-electron chi connectivity index (χ3n) is 4.22. The average molecular weight is 376 g/mol. The molecule has 136 valence electrons. The predicted molar refractivity (Wildman–Crippen MR) is 112 cm³/mol. The normalized spacial score (nSPS) is 16.8. The third kappa shape index (κ3) is 4.42. The molecule has 0 atom stereocenters. The number of thioether (sulfide) groups is 1. The summed E-state index contributed by atoms with van der Waals surface area (Å²) in [5, 5.41) is 0.670. The lowest BCUT2D eigenvalue weighted by Crippen LogP contribution is -2.23. The number of ether oxygens (including phenoxy) is 1. The molecule has 1 fully saturated rings. The molecule has 1 aliphatic rings. The lowest BCUT2D eigenvalue weighted by atomic mass is 10.1. The van der Waals surface area contributed by atoms with Crippen molar-refractivity contribution >= 4 is 34.6 Å². The van der Waals surface area contributed by atoms with E-state index in [2.05, 4.69) is 24.8 Å². The van der Waals surface area contributed by atoms with Crippen LogP contribution in [0.5, 0.6) is 5.75 Å². The Morgan fingerprint density at radius 2 is 1.93 bits per heavy atom. The first kappa shape index (κ1) is 18.8. The molecule has 0 spiro atoms. The lowest BCUT2D eigenvalue weighted by molar-refractivity contribution is -0.121. The SMILES string of the molecule is C#CCOc1ccc(/C=C2/SC(=Nc3ccc(C)c(C)c3)N(C)C2=O)cc1. The number of hydrogen-bond donors (Lipinski definition) is 0. The Morgan fingerprint density at radius 1 is 1.19 bits per heavy atom. The molecular formula is C22H20N2O2S. The minimum absolute atomic E-state index is 0.0600. The van der Waals surface area contributed by atoms with Gasteiger partial charge in [-0.05, 0) is 72.6 Å². The minimum atomic E-state index is -0.0600. The Morgan fingerprint density at radius 3 is 2.59 bits per heavy atom. The highest BCUT2D eigenvalue weighted by Gasteiger charge is 2.30. The lowest BCUT2D eigenvalue weighted by Gasteiger charge is -2.08. The largest absolute Gasteiger partial charge is 0.481 e. The van der Waals surface area contributed by atoms with E-state index in [4.69, 9.17) is 11.2 Å². The first-order valence-electron chi connectivity index (χ1n) is 8.48. The number of terminal acetylenes is 1. The van der Waals surface area contributed by atoms with E-state index in [0.717, 1.165) is 11.3 Å². The van der Waals surface area contributed by atoms with Crippen LogP contribution in [0.4, 0.5) is 5.69 Å². The van der Waals surface area contributed by atoms with Crippen molar-refractivity contribution in [3.8, 4) is 18.1 Å². The molecular weight excluding hydrogens is 356 g/mol. The minimum Gasteiger partial charge on any atom is -0.481 e. The number of benzene rings is 2. The number of nitrogens with zero attached hydrogens (tertiary/aromatic N) is 2. The maximum atomic E-state index is 12.5. The molecule has 0 saturated carbocycles. The number of aliphatic imine (C=N–C) groups is 1. The monoisotopic (exact) mass is 376 g/mol. The van der Waals surface area contributed by atoms with Crippen LogP contribution in [0.3, 0.4) is 0 Å². The summed E-state index contributed by atoms with van der Waals surface area (Å²) < 4.78 is 5.36. The van der Waals surface area contributed by atoms with Gasteiger partial charge in [-0.25, -0.2) is 4.99 Å². The van der Waals surface area contributed by atoms with Gasteiger partial charge in [-0.1, -0.05) is 24.1 Å². The van der Waals surface area contributed by atoms with Crippen LogP contribution in [0, 0.1) is 26.2 Å². The van der Waals surface area contributed by atoms with E-state index in [9.17, 15) is 4.79 Å². The standard InChI is InChI=1S/C22H20N2O2S/c1-5-12-26-19-10-7-17(8-11-19)14-20-21(25)24(4)22(27-20)23-18-9-6-15(2)16(3)13-18/h1,6-11,13-14H,12H2,2-4H3/b20-14+,23-22?. The van der Waals surface area contributed by atoms with Crippen LogP contribution in [0.2, 0.25) is 0 Å². The summed E-state index contributed by atoms with van der Waals surface area (Å²) in [5.74, 6) is 3.07. The van der Waals surface area contributed by atoms with Crippen molar-refractivity contribution in [3.63, 3.8) is 0 Å². The van der Waals surface area contributed by atoms with Gasteiger partial charge in [0.1, 0.15) is 12.4 Å². The van der Waals surface area contributed by atoms with Crippen LogP contribution in [-0.2, 0) is 4.79 Å². The molecule has 1 aliphatic heterocycles. The summed E-state index contributed by atoms with van der Waals surface area (Å²) in [4.78, 5) is 19.4. The second-order valence-corrected chi connectivity index (χ2v) is 7.21. The van der Waals surface area contributed by atoms with Gasteiger partial charge in [0.05, 0.1) is 10.6 Å². The van der Waals surface area contributed by atoms with Gasteiger partial charge >= 0.3 is 0 Å². The Hall–Kier alpha value is -2.97. The van der Waals surface area contributed by atoms with Crippen molar-refractivity contribution in [3.05, 3.63) is 64.1 Å². The van der Waals surface area contributed by atoms with Crippen LogP contribution in [0.15, 0.2) is 52.4 Å². The summed E-state index contributed by atoms with van der Waals surface area (Å²) in [5.41, 5.74) is 4.16. The molecule has 0 radical (unpaired) electrons. The van der Waals surface area contributed by atoms with Crippen LogP contribution in [0.1, 0.15) is 16.7 Å². The van der Waals surface area contributed by atoms with Crippen LogP contribution in [-0.4, -0.2) is 29.6 Å². The van der Waals surface area contributed by atoms with E-state index in [1.54, 1.807) is 11.9 Å². The van der Waals surface area contributed by atoms with E-state index < -0.39 is 0 Å². The van der Waals surface area contributed by atoms with E-state index in [-0.39, 0.29) is 12.5 Å².